The van der Waals surface area contributed by atoms with Crippen LogP contribution in [0.3, 0.4) is 0 Å². The third kappa shape index (κ3) is 2.53. The van der Waals surface area contributed by atoms with Gasteiger partial charge in [-0.3, -0.25) is 4.79 Å². The Hall–Kier alpha value is -1.82. The van der Waals surface area contributed by atoms with E-state index in [0.29, 0.717) is 11.3 Å². The maximum atomic E-state index is 11.2. The van der Waals surface area contributed by atoms with Crippen molar-refractivity contribution in [2.45, 2.75) is 6.92 Å². The first-order valence-electron chi connectivity index (χ1n) is 6.14. The summed E-state index contributed by atoms with van der Waals surface area (Å²) in [6, 6.07) is 1.68. The number of likely N-dealkylation sites (N-methyl/N-ethyl adjacent to an activating group) is 1. The number of primary amides is 1. The van der Waals surface area contributed by atoms with Gasteiger partial charge in [0.05, 0.1) is 17.4 Å². The van der Waals surface area contributed by atoms with Crippen LogP contribution in [0, 0.1) is 0 Å². The molecule has 1 aliphatic rings. The normalized spacial score (nSPS) is 16.8. The molecule has 1 fully saturated rings. The number of carbonyl (C=O) groups is 1. The number of amides is 1. The minimum atomic E-state index is -0.511. The molecule has 2 rings (SSSR count). The lowest BCUT2D eigenvalue weighted by molar-refractivity contribution is 0.100. The van der Waals surface area contributed by atoms with E-state index in [1.54, 1.807) is 6.07 Å². The van der Waals surface area contributed by atoms with Crippen molar-refractivity contribution in [1.29, 1.82) is 0 Å². The van der Waals surface area contributed by atoms with Crippen LogP contribution in [0.5, 0.6) is 0 Å². The largest absolute Gasteiger partial charge is 0.397 e. The summed E-state index contributed by atoms with van der Waals surface area (Å²) in [7, 11) is 0. The second-order valence-electron chi connectivity index (χ2n) is 4.42. The first kappa shape index (κ1) is 12.6. The van der Waals surface area contributed by atoms with Crippen LogP contribution in [0.15, 0.2) is 12.3 Å². The third-order valence-corrected chi connectivity index (χ3v) is 3.33. The van der Waals surface area contributed by atoms with Crippen LogP contribution in [-0.2, 0) is 0 Å². The molecule has 4 N–H and O–H groups in total. The van der Waals surface area contributed by atoms with Gasteiger partial charge in [0.25, 0.3) is 5.91 Å². The second kappa shape index (κ2) is 5.22. The fourth-order valence-corrected chi connectivity index (χ4v) is 2.13. The lowest BCUT2D eigenvalue weighted by Crippen LogP contribution is -2.46. The number of hydrogen-bond acceptors (Lipinski definition) is 5. The van der Waals surface area contributed by atoms with Crippen molar-refractivity contribution in [3.05, 3.63) is 17.8 Å². The van der Waals surface area contributed by atoms with E-state index < -0.39 is 5.91 Å². The molecule has 0 radical (unpaired) electrons. The average molecular weight is 249 g/mol. The molecule has 0 unspecified atom stereocenters. The van der Waals surface area contributed by atoms with Crippen molar-refractivity contribution in [2.75, 3.05) is 43.4 Å². The molecular weight excluding hydrogens is 230 g/mol. The van der Waals surface area contributed by atoms with E-state index in [1.165, 1.54) is 6.20 Å². The van der Waals surface area contributed by atoms with E-state index in [0.717, 1.165) is 38.5 Å². The Labute approximate surface area is 107 Å². The van der Waals surface area contributed by atoms with Crippen molar-refractivity contribution >= 4 is 17.4 Å². The summed E-state index contributed by atoms with van der Waals surface area (Å²) in [5, 5.41) is 0. The first-order valence-corrected chi connectivity index (χ1v) is 6.14. The van der Waals surface area contributed by atoms with Crippen LogP contribution in [0.1, 0.15) is 17.3 Å². The van der Waals surface area contributed by atoms with E-state index in [4.69, 9.17) is 11.5 Å². The fraction of sp³-hybridized carbons (Fsp3) is 0.500. The van der Waals surface area contributed by atoms with Crippen molar-refractivity contribution in [2.24, 2.45) is 5.73 Å². The molecule has 1 aliphatic heterocycles. The zero-order chi connectivity index (χ0) is 13.1. The molecule has 1 aromatic heterocycles. The molecule has 0 aliphatic carbocycles. The lowest BCUT2D eigenvalue weighted by atomic mass is 10.2. The Bertz CT molecular complexity index is 440. The number of aromatic nitrogens is 1. The number of rotatable bonds is 3. The number of pyridine rings is 1. The highest BCUT2D eigenvalue weighted by Gasteiger charge is 2.18. The molecule has 2 heterocycles. The van der Waals surface area contributed by atoms with E-state index in [2.05, 4.69) is 21.7 Å². The monoisotopic (exact) mass is 249 g/mol. The van der Waals surface area contributed by atoms with Gasteiger partial charge in [-0.1, -0.05) is 6.92 Å². The summed E-state index contributed by atoms with van der Waals surface area (Å²) in [5.74, 6) is 0.261. The molecule has 0 atom stereocenters. The molecule has 1 aromatic rings. The SMILES string of the molecule is CCN1CCN(c2cc(C(N)=O)c(N)cn2)CC1. The maximum Gasteiger partial charge on any atom is 0.250 e. The molecule has 6 heteroatoms. The summed E-state index contributed by atoms with van der Waals surface area (Å²) < 4.78 is 0. The average Bonchev–Trinajstić information content (AvgIpc) is 2.39. The van der Waals surface area contributed by atoms with Gasteiger partial charge in [-0.2, -0.15) is 0 Å². The van der Waals surface area contributed by atoms with Gasteiger partial charge >= 0.3 is 0 Å². The van der Waals surface area contributed by atoms with E-state index in [9.17, 15) is 4.79 Å². The van der Waals surface area contributed by atoms with Gasteiger partial charge in [-0.05, 0) is 12.6 Å². The predicted octanol–water partition coefficient (Wildman–Crippen LogP) is -0.0954. The number of piperazine rings is 1. The molecule has 6 nitrogen and oxygen atoms in total. The quantitative estimate of drug-likeness (QED) is 0.781. The summed E-state index contributed by atoms with van der Waals surface area (Å²) in [6.45, 7) is 7.05. The van der Waals surface area contributed by atoms with Crippen molar-refractivity contribution in [1.82, 2.24) is 9.88 Å². The molecule has 1 amide bonds. The summed E-state index contributed by atoms with van der Waals surface area (Å²) in [5.41, 5.74) is 11.6. The molecule has 0 spiro atoms. The summed E-state index contributed by atoms with van der Waals surface area (Å²) >= 11 is 0. The van der Waals surface area contributed by atoms with Gasteiger partial charge in [-0.25, -0.2) is 4.98 Å². The Kier molecular flexibility index (Phi) is 3.66. The van der Waals surface area contributed by atoms with Gasteiger partial charge in [0.2, 0.25) is 0 Å². The zero-order valence-electron chi connectivity index (χ0n) is 10.6. The Morgan fingerprint density at radius 2 is 2.06 bits per heavy atom. The highest BCUT2D eigenvalue weighted by atomic mass is 16.1. The number of hydrogen-bond donors (Lipinski definition) is 2. The van der Waals surface area contributed by atoms with Gasteiger partial charge in [0.15, 0.2) is 0 Å². The minimum Gasteiger partial charge on any atom is -0.397 e. The van der Waals surface area contributed by atoms with Crippen LogP contribution < -0.4 is 16.4 Å². The van der Waals surface area contributed by atoms with Gasteiger partial charge < -0.3 is 21.3 Å². The number of nitrogen functional groups attached to an aromatic ring is 1. The van der Waals surface area contributed by atoms with E-state index >= 15 is 0 Å². The predicted molar refractivity (Wildman–Crippen MR) is 71.5 cm³/mol. The van der Waals surface area contributed by atoms with Crippen LogP contribution in [0.4, 0.5) is 11.5 Å². The van der Waals surface area contributed by atoms with Crippen molar-refractivity contribution in [3.8, 4) is 0 Å². The topological polar surface area (TPSA) is 88.5 Å². The Morgan fingerprint density at radius 3 is 2.61 bits per heavy atom. The molecule has 1 saturated heterocycles. The molecule has 0 aromatic carbocycles. The van der Waals surface area contributed by atoms with Crippen LogP contribution in [0.25, 0.3) is 0 Å². The van der Waals surface area contributed by atoms with Crippen LogP contribution in [-0.4, -0.2) is 48.5 Å². The smallest absolute Gasteiger partial charge is 0.250 e. The number of anilines is 2. The third-order valence-electron chi connectivity index (χ3n) is 3.33. The molecular formula is C12H19N5O. The highest BCUT2D eigenvalue weighted by Crippen LogP contribution is 2.19. The number of nitrogens with two attached hydrogens (primary N) is 2. The lowest BCUT2D eigenvalue weighted by Gasteiger charge is -2.34. The maximum absolute atomic E-state index is 11.2. The fourth-order valence-electron chi connectivity index (χ4n) is 2.13. The van der Waals surface area contributed by atoms with Crippen LogP contribution >= 0.6 is 0 Å². The number of carbonyl (C=O) groups excluding carboxylic acids is 1. The van der Waals surface area contributed by atoms with Crippen molar-refractivity contribution in [3.63, 3.8) is 0 Å². The van der Waals surface area contributed by atoms with Gasteiger partial charge in [-0.15, -0.1) is 0 Å². The molecule has 0 saturated carbocycles. The highest BCUT2D eigenvalue weighted by molar-refractivity contribution is 5.98. The number of nitrogens with zero attached hydrogens (tertiary/aromatic N) is 3. The molecule has 18 heavy (non-hydrogen) atoms. The molecule has 0 bridgehead atoms. The van der Waals surface area contributed by atoms with E-state index in [1.807, 2.05) is 0 Å². The standard InChI is InChI=1S/C12H19N5O/c1-2-16-3-5-17(6-4-16)11-7-9(12(14)18)10(13)8-15-11/h7-8H,2-6,13H2,1H3,(H2,14,18). The van der Waals surface area contributed by atoms with Crippen molar-refractivity contribution < 1.29 is 4.79 Å². The van der Waals surface area contributed by atoms with E-state index in [-0.39, 0.29) is 0 Å². The van der Waals surface area contributed by atoms with Crippen LogP contribution in [0.2, 0.25) is 0 Å². The molecule has 98 valence electrons. The minimum absolute atomic E-state index is 0.332. The van der Waals surface area contributed by atoms with Gasteiger partial charge in [0.1, 0.15) is 5.82 Å². The zero-order valence-corrected chi connectivity index (χ0v) is 10.6. The van der Waals surface area contributed by atoms with Gasteiger partial charge in [0, 0.05) is 26.2 Å². The Morgan fingerprint density at radius 1 is 1.39 bits per heavy atom. The first-order chi connectivity index (χ1) is 8.61. The Balaban J connectivity index is 2.15. The summed E-state index contributed by atoms with van der Waals surface area (Å²) in [4.78, 5) is 20.0. The summed E-state index contributed by atoms with van der Waals surface area (Å²) in [6.07, 6.45) is 1.50. The second-order valence-corrected chi connectivity index (χ2v) is 4.42.